The highest BCUT2D eigenvalue weighted by Crippen LogP contribution is 2.66. The molecule has 338 valence electrons. The van der Waals surface area contributed by atoms with Gasteiger partial charge in [0.25, 0.3) is 0 Å². The summed E-state index contributed by atoms with van der Waals surface area (Å²) in [5.74, 6) is -3.81. The van der Waals surface area contributed by atoms with E-state index in [0.717, 1.165) is 5.57 Å². The van der Waals surface area contributed by atoms with E-state index in [9.17, 15) is 34.5 Å². The number of esters is 3. The summed E-state index contributed by atoms with van der Waals surface area (Å²) in [5.41, 5.74) is -5.70. The zero-order valence-corrected chi connectivity index (χ0v) is 37.5. The number of ether oxygens (including phenoxy) is 7. The molecule has 0 radical (unpaired) electrons. The number of hydrogen-bond acceptors (Lipinski definition) is 14. The van der Waals surface area contributed by atoms with Crippen LogP contribution in [0.3, 0.4) is 0 Å². The molecule has 61 heavy (non-hydrogen) atoms. The van der Waals surface area contributed by atoms with Crippen LogP contribution >= 0.6 is 0 Å². The highest BCUT2D eigenvalue weighted by molar-refractivity contribution is 5.89. The Labute approximate surface area is 358 Å². The lowest BCUT2D eigenvalue weighted by Crippen LogP contribution is -2.83. The molecule has 13 atom stereocenters. The molecule has 2 aliphatic heterocycles. The summed E-state index contributed by atoms with van der Waals surface area (Å²) in [6.45, 7) is 20.7. The number of benzene rings is 1. The third-order valence-corrected chi connectivity index (χ3v) is 13.4. The first-order valence-corrected chi connectivity index (χ1v) is 21.3. The van der Waals surface area contributed by atoms with Gasteiger partial charge in [-0.15, -0.1) is 0 Å². The highest BCUT2D eigenvalue weighted by atomic mass is 16.7. The quantitative estimate of drug-likeness (QED) is 0.138. The predicted molar refractivity (Wildman–Crippen MR) is 220 cm³/mol. The van der Waals surface area contributed by atoms with Gasteiger partial charge in [-0.05, 0) is 83.2 Å². The smallest absolute Gasteiger partial charge is 0.407 e. The summed E-state index contributed by atoms with van der Waals surface area (Å²) in [5, 5.41) is 40.8. The van der Waals surface area contributed by atoms with E-state index in [-0.39, 0.29) is 37.4 Å². The van der Waals surface area contributed by atoms with Crippen LogP contribution in [0.25, 0.3) is 0 Å². The van der Waals surface area contributed by atoms with Gasteiger partial charge in [0.05, 0.1) is 30.4 Å². The zero-order chi connectivity index (χ0) is 45.2. The third-order valence-electron chi connectivity index (χ3n) is 13.4. The van der Waals surface area contributed by atoms with Crippen LogP contribution in [0.5, 0.6) is 0 Å². The lowest BCUT2D eigenvalue weighted by molar-refractivity contribution is -0.405. The first kappa shape index (κ1) is 46.6. The fourth-order valence-corrected chi connectivity index (χ4v) is 10.5. The number of aliphatic hydroxyl groups excluding tert-OH is 1. The van der Waals surface area contributed by atoms with Crippen LogP contribution in [0.1, 0.15) is 113 Å². The fraction of sp³-hybridized carbons (Fsp3) is 0.696. The highest BCUT2D eigenvalue weighted by Gasteiger charge is 2.78. The maximum Gasteiger partial charge on any atom is 0.407 e. The van der Waals surface area contributed by atoms with Gasteiger partial charge in [-0.2, -0.15) is 0 Å². The maximum absolute atomic E-state index is 14.3. The van der Waals surface area contributed by atoms with Gasteiger partial charge < -0.3 is 53.8 Å². The van der Waals surface area contributed by atoms with Gasteiger partial charge >= 0.3 is 24.0 Å². The van der Waals surface area contributed by atoms with Gasteiger partial charge in [0, 0.05) is 36.5 Å². The van der Waals surface area contributed by atoms with Crippen LogP contribution in [0.15, 0.2) is 53.1 Å². The molecule has 1 aromatic carbocycles. The molecular weight excluding hydrogens is 790 g/mol. The second kappa shape index (κ2) is 16.7. The molecule has 13 unspecified atom stereocenters. The lowest BCUT2D eigenvalue weighted by atomic mass is 9.44. The summed E-state index contributed by atoms with van der Waals surface area (Å²) in [6, 6.07) is 7.13. The maximum atomic E-state index is 14.3. The molecular formula is C46H65NO14. The van der Waals surface area contributed by atoms with E-state index in [1.165, 1.54) is 6.92 Å². The Morgan fingerprint density at radius 3 is 2.18 bits per heavy atom. The fourth-order valence-electron chi connectivity index (χ4n) is 10.5. The molecule has 2 saturated carbocycles. The minimum absolute atomic E-state index is 0.0769. The number of carbonyl (C=O) groups excluding carboxylic acids is 4. The molecule has 1 aromatic rings. The van der Waals surface area contributed by atoms with Gasteiger partial charge in [0.2, 0.25) is 0 Å². The number of hydrogen-bond donors (Lipinski definition) is 4. The zero-order valence-electron chi connectivity index (χ0n) is 37.5. The SMILES string of the molecule is CC(=O)OC1C2=C(C)C(OC(=O)C(O)C(CC(C)C)NC(=O)OC(C)(C)C)CC(O)(C(OC(=O)c3ccccc3)C3C4(O)COC4CC4OC(C=C(C)C)OC1C43C)C2(C)C. The Morgan fingerprint density at radius 1 is 0.967 bits per heavy atom. The minimum atomic E-state index is -2.18. The van der Waals surface area contributed by atoms with Crippen LogP contribution in [0.2, 0.25) is 0 Å². The van der Waals surface area contributed by atoms with Crippen molar-refractivity contribution in [3.63, 3.8) is 0 Å². The summed E-state index contributed by atoms with van der Waals surface area (Å²) in [4.78, 5) is 54.7. The standard InChI is InChI=1S/C46H65NO14/c1-23(2)18-28(47-41(52)61-42(7,8)9)34(49)40(51)57-29-21-46(54)38(60-39(50)27-16-14-13-15-17-27)36-44(12)30(20-31-45(36,53)22-55-31)58-32(19-24(3)4)59-37(44)35(56-26(6)48)33(25(29)5)43(46,10)11/h13-17,19,23,28-32,34-38,49,53-54H,18,20-22H2,1-12H3,(H,47,52). The molecule has 4 N–H and O–H groups in total. The molecule has 2 heterocycles. The van der Waals surface area contributed by atoms with Crippen LogP contribution in [-0.2, 0) is 42.7 Å². The number of amides is 1. The lowest BCUT2D eigenvalue weighted by Gasteiger charge is -2.70. The Bertz CT molecular complexity index is 1920. The molecule has 0 aromatic heterocycles. The van der Waals surface area contributed by atoms with Gasteiger partial charge in [0.15, 0.2) is 18.5 Å². The van der Waals surface area contributed by atoms with Crippen molar-refractivity contribution in [2.75, 3.05) is 6.61 Å². The number of aliphatic hydroxyl groups is 3. The van der Waals surface area contributed by atoms with Crippen molar-refractivity contribution in [1.29, 1.82) is 0 Å². The number of nitrogens with one attached hydrogen (secondary N) is 1. The van der Waals surface area contributed by atoms with Crippen molar-refractivity contribution < 1.29 is 67.7 Å². The van der Waals surface area contributed by atoms with Crippen LogP contribution in [-0.4, -0.2) is 118 Å². The molecule has 15 nitrogen and oxygen atoms in total. The summed E-state index contributed by atoms with van der Waals surface area (Å²) >= 11 is 0. The number of fused-ring (bicyclic) bond motifs is 4. The van der Waals surface area contributed by atoms with E-state index in [0.29, 0.717) is 11.1 Å². The average Bonchev–Trinajstić information content (AvgIpc) is 3.13. The largest absolute Gasteiger partial charge is 0.456 e. The second-order valence-corrected chi connectivity index (χ2v) is 20.0. The molecule has 1 amide bonds. The van der Waals surface area contributed by atoms with Crippen molar-refractivity contribution in [2.45, 2.75) is 174 Å². The molecule has 5 aliphatic rings. The first-order chi connectivity index (χ1) is 28.2. The number of alkyl carbamates (subject to hydrolysis) is 1. The third kappa shape index (κ3) is 8.50. The van der Waals surface area contributed by atoms with Crippen molar-refractivity contribution >= 4 is 24.0 Å². The molecule has 15 heteroatoms. The molecule has 0 spiro atoms. The van der Waals surface area contributed by atoms with E-state index in [4.69, 9.17) is 33.2 Å². The van der Waals surface area contributed by atoms with Crippen molar-refractivity contribution in [1.82, 2.24) is 5.32 Å². The first-order valence-electron chi connectivity index (χ1n) is 21.3. The number of rotatable bonds is 10. The van der Waals surface area contributed by atoms with Crippen LogP contribution in [0.4, 0.5) is 4.79 Å². The van der Waals surface area contributed by atoms with E-state index < -0.39 is 113 Å². The van der Waals surface area contributed by atoms with Gasteiger partial charge in [0.1, 0.15) is 35.1 Å². The Kier molecular flexibility index (Phi) is 12.8. The van der Waals surface area contributed by atoms with Gasteiger partial charge in [-0.1, -0.05) is 58.4 Å². The summed E-state index contributed by atoms with van der Waals surface area (Å²) in [6.07, 6.45) is -8.58. The number of allylic oxidation sites excluding steroid dienone is 1. The molecule has 4 fully saturated rings. The van der Waals surface area contributed by atoms with E-state index in [1.807, 2.05) is 34.6 Å². The van der Waals surface area contributed by atoms with Gasteiger partial charge in [-0.3, -0.25) is 4.79 Å². The van der Waals surface area contributed by atoms with Crippen molar-refractivity contribution in [3.05, 3.63) is 58.7 Å². The predicted octanol–water partition coefficient (Wildman–Crippen LogP) is 5.08. The molecule has 2 bridgehead atoms. The van der Waals surface area contributed by atoms with Crippen LogP contribution in [0, 0.1) is 22.7 Å². The molecule has 3 aliphatic carbocycles. The summed E-state index contributed by atoms with van der Waals surface area (Å²) < 4.78 is 44.0. The summed E-state index contributed by atoms with van der Waals surface area (Å²) in [7, 11) is 0. The Balaban J connectivity index is 1.54. The average molecular weight is 856 g/mol. The van der Waals surface area contributed by atoms with Crippen molar-refractivity contribution in [2.24, 2.45) is 22.7 Å². The number of carbonyl (C=O) groups is 4. The Morgan fingerprint density at radius 2 is 1.62 bits per heavy atom. The van der Waals surface area contributed by atoms with Gasteiger partial charge in [-0.25, -0.2) is 14.4 Å². The molecule has 6 rings (SSSR count). The van der Waals surface area contributed by atoms with E-state index in [2.05, 4.69) is 5.32 Å². The minimum Gasteiger partial charge on any atom is -0.456 e. The van der Waals surface area contributed by atoms with Crippen molar-refractivity contribution in [3.8, 4) is 0 Å². The topological polar surface area (TPSA) is 206 Å². The van der Waals surface area contributed by atoms with Crippen LogP contribution < -0.4 is 5.32 Å². The normalized spacial score (nSPS) is 36.0. The monoisotopic (exact) mass is 855 g/mol. The van der Waals surface area contributed by atoms with E-state index >= 15 is 0 Å². The second-order valence-electron chi connectivity index (χ2n) is 20.0. The molecule has 2 saturated heterocycles. The van der Waals surface area contributed by atoms with E-state index in [1.54, 1.807) is 78.0 Å². The Hall–Kier alpha value is -3.86.